The molecular formula is C24H25ClN4O3. The van der Waals surface area contributed by atoms with E-state index in [1.54, 1.807) is 16.8 Å². The van der Waals surface area contributed by atoms with E-state index in [1.807, 2.05) is 63.2 Å². The molecular weight excluding hydrogens is 428 g/mol. The summed E-state index contributed by atoms with van der Waals surface area (Å²) >= 11 is 6.34. The number of aromatic nitrogens is 4. The Hall–Kier alpha value is -3.16. The van der Waals surface area contributed by atoms with E-state index in [0.717, 1.165) is 10.9 Å². The van der Waals surface area contributed by atoms with Gasteiger partial charge in [-0.05, 0) is 43.9 Å². The van der Waals surface area contributed by atoms with Crippen molar-refractivity contribution in [1.82, 2.24) is 19.3 Å². The first-order valence-electron chi connectivity index (χ1n) is 10.5. The average Bonchev–Trinajstić information content (AvgIpc) is 3.09. The molecule has 0 fully saturated rings. The number of fused-ring (bicyclic) bond motifs is 1. The molecule has 0 unspecified atom stereocenters. The van der Waals surface area contributed by atoms with Crippen LogP contribution in [0.25, 0.3) is 16.5 Å². The van der Waals surface area contributed by atoms with E-state index in [4.69, 9.17) is 21.1 Å². The summed E-state index contributed by atoms with van der Waals surface area (Å²) in [6.07, 6.45) is 1.56. The molecule has 0 aliphatic rings. The predicted molar refractivity (Wildman–Crippen MR) is 125 cm³/mol. The molecule has 2 aromatic carbocycles. The highest BCUT2D eigenvalue weighted by atomic mass is 35.5. The van der Waals surface area contributed by atoms with Crippen molar-refractivity contribution in [3.8, 4) is 11.4 Å². The Morgan fingerprint density at radius 3 is 2.59 bits per heavy atom. The van der Waals surface area contributed by atoms with E-state index < -0.39 is 0 Å². The number of benzene rings is 2. The minimum Gasteiger partial charge on any atom is -0.490 e. The molecule has 4 rings (SSSR count). The van der Waals surface area contributed by atoms with E-state index in [0.29, 0.717) is 41.0 Å². The van der Waals surface area contributed by atoms with Crippen molar-refractivity contribution in [2.24, 2.45) is 0 Å². The average molecular weight is 453 g/mol. The number of hydrogen-bond acceptors (Lipinski definition) is 5. The maximum Gasteiger partial charge on any atom is 0.350 e. The highest BCUT2D eigenvalue weighted by Gasteiger charge is 2.17. The first-order valence-corrected chi connectivity index (χ1v) is 10.9. The van der Waals surface area contributed by atoms with Crippen molar-refractivity contribution >= 4 is 22.4 Å². The maximum atomic E-state index is 13.1. The topological polar surface area (TPSA) is 71.2 Å². The Labute approximate surface area is 191 Å². The first-order chi connectivity index (χ1) is 15.5. The molecule has 0 radical (unpaired) electrons. The lowest BCUT2D eigenvalue weighted by atomic mass is 10.1. The van der Waals surface area contributed by atoms with Crippen LogP contribution in [-0.2, 0) is 24.5 Å². The normalized spacial score (nSPS) is 11.4. The molecule has 0 saturated heterocycles. The van der Waals surface area contributed by atoms with Crippen molar-refractivity contribution in [3.63, 3.8) is 0 Å². The fourth-order valence-corrected chi connectivity index (χ4v) is 3.81. The third kappa shape index (κ3) is 4.54. The zero-order chi connectivity index (χ0) is 22.7. The molecule has 0 bridgehead atoms. The summed E-state index contributed by atoms with van der Waals surface area (Å²) < 4.78 is 14.8. The number of halogens is 1. The molecule has 32 heavy (non-hydrogen) atoms. The molecule has 2 heterocycles. The number of pyridine rings is 1. The summed E-state index contributed by atoms with van der Waals surface area (Å²) in [5, 5.41) is 6.45. The van der Waals surface area contributed by atoms with Crippen molar-refractivity contribution in [2.75, 3.05) is 0 Å². The Balaban J connectivity index is 1.71. The molecule has 0 aliphatic carbocycles. The van der Waals surface area contributed by atoms with Gasteiger partial charge >= 0.3 is 5.69 Å². The van der Waals surface area contributed by atoms with Gasteiger partial charge in [-0.2, -0.15) is 4.68 Å². The van der Waals surface area contributed by atoms with E-state index in [1.165, 1.54) is 4.68 Å². The Morgan fingerprint density at radius 2 is 1.88 bits per heavy atom. The van der Waals surface area contributed by atoms with Gasteiger partial charge in [-0.15, -0.1) is 5.10 Å². The summed E-state index contributed by atoms with van der Waals surface area (Å²) in [4.78, 5) is 17.3. The molecule has 4 aromatic rings. The summed E-state index contributed by atoms with van der Waals surface area (Å²) in [6, 6.07) is 15.4. The quantitative estimate of drug-likeness (QED) is 0.360. The second-order valence-corrected chi connectivity index (χ2v) is 8.00. The lowest BCUT2D eigenvalue weighted by Crippen LogP contribution is -2.24. The minimum absolute atomic E-state index is 0.0726. The van der Waals surface area contributed by atoms with Crippen LogP contribution in [0.4, 0.5) is 0 Å². The standard InChI is InChI=1S/C24H25ClN4O3/c1-4-28-21(15-31-14-17-8-6-5-7-9-17)27-29(24(28)30)19-12-18-10-11-26-23(25)22(18)20(13-19)32-16(2)3/h5-13,16H,4,14-15H2,1-3H3. The summed E-state index contributed by atoms with van der Waals surface area (Å²) in [5.74, 6) is 1.12. The highest BCUT2D eigenvalue weighted by Crippen LogP contribution is 2.33. The van der Waals surface area contributed by atoms with Gasteiger partial charge in [-0.1, -0.05) is 41.9 Å². The van der Waals surface area contributed by atoms with Gasteiger partial charge in [0.2, 0.25) is 0 Å². The van der Waals surface area contributed by atoms with E-state index >= 15 is 0 Å². The molecule has 166 valence electrons. The highest BCUT2D eigenvalue weighted by molar-refractivity contribution is 6.34. The van der Waals surface area contributed by atoms with Crippen LogP contribution in [0.2, 0.25) is 5.15 Å². The van der Waals surface area contributed by atoms with Crippen LogP contribution in [0.3, 0.4) is 0 Å². The van der Waals surface area contributed by atoms with Crippen LogP contribution >= 0.6 is 11.6 Å². The maximum absolute atomic E-state index is 13.1. The molecule has 2 aromatic heterocycles. The van der Waals surface area contributed by atoms with Gasteiger partial charge in [-0.3, -0.25) is 4.57 Å². The minimum atomic E-state index is -0.235. The van der Waals surface area contributed by atoms with Gasteiger partial charge in [0.25, 0.3) is 0 Å². The fraction of sp³-hybridized carbons (Fsp3) is 0.292. The lowest BCUT2D eigenvalue weighted by Gasteiger charge is -2.14. The zero-order valence-corrected chi connectivity index (χ0v) is 19.0. The zero-order valence-electron chi connectivity index (χ0n) is 18.3. The molecule has 0 aliphatic heterocycles. The second kappa shape index (κ2) is 9.54. The van der Waals surface area contributed by atoms with Crippen LogP contribution in [-0.4, -0.2) is 25.4 Å². The first kappa shape index (κ1) is 22.0. The molecule has 0 spiro atoms. The molecule has 0 amide bonds. The van der Waals surface area contributed by atoms with Crippen LogP contribution in [0, 0.1) is 0 Å². The van der Waals surface area contributed by atoms with E-state index in [9.17, 15) is 4.79 Å². The van der Waals surface area contributed by atoms with Gasteiger partial charge in [0.1, 0.15) is 17.5 Å². The van der Waals surface area contributed by atoms with Gasteiger partial charge in [0.15, 0.2) is 5.82 Å². The Morgan fingerprint density at radius 1 is 1.09 bits per heavy atom. The van der Waals surface area contributed by atoms with Crippen LogP contribution < -0.4 is 10.4 Å². The monoisotopic (exact) mass is 452 g/mol. The van der Waals surface area contributed by atoms with Crippen molar-refractivity contribution < 1.29 is 9.47 Å². The number of nitrogens with zero attached hydrogens (tertiary/aromatic N) is 4. The van der Waals surface area contributed by atoms with Crippen molar-refractivity contribution in [2.45, 2.75) is 46.6 Å². The van der Waals surface area contributed by atoms with Gasteiger partial charge in [0.05, 0.1) is 23.8 Å². The summed E-state index contributed by atoms with van der Waals surface area (Å²) in [6.45, 7) is 6.93. The Kier molecular flexibility index (Phi) is 6.58. The summed E-state index contributed by atoms with van der Waals surface area (Å²) in [5.41, 5.74) is 1.42. The Bertz CT molecular complexity index is 1280. The van der Waals surface area contributed by atoms with Gasteiger partial charge in [0, 0.05) is 18.8 Å². The predicted octanol–water partition coefficient (Wildman–Crippen LogP) is 4.76. The van der Waals surface area contributed by atoms with Crippen LogP contribution in [0.15, 0.2) is 59.5 Å². The SMILES string of the molecule is CCn1c(COCc2ccccc2)nn(-c2cc(OC(C)C)c3c(Cl)nccc3c2)c1=O. The van der Waals surface area contributed by atoms with Gasteiger partial charge in [-0.25, -0.2) is 9.78 Å². The lowest BCUT2D eigenvalue weighted by molar-refractivity contribution is 0.0989. The molecule has 0 saturated carbocycles. The third-order valence-corrected chi connectivity index (χ3v) is 5.26. The van der Waals surface area contributed by atoms with Crippen molar-refractivity contribution in [1.29, 1.82) is 0 Å². The number of rotatable bonds is 8. The number of ether oxygens (including phenoxy) is 2. The van der Waals surface area contributed by atoms with Crippen LogP contribution in [0.1, 0.15) is 32.2 Å². The molecule has 0 N–H and O–H groups in total. The molecule has 0 atom stereocenters. The second-order valence-electron chi connectivity index (χ2n) is 7.64. The van der Waals surface area contributed by atoms with E-state index in [-0.39, 0.29) is 18.4 Å². The summed E-state index contributed by atoms with van der Waals surface area (Å²) in [7, 11) is 0. The van der Waals surface area contributed by atoms with Crippen molar-refractivity contribution in [3.05, 3.63) is 81.8 Å². The smallest absolute Gasteiger partial charge is 0.350 e. The molecule has 7 nitrogen and oxygen atoms in total. The largest absolute Gasteiger partial charge is 0.490 e. The van der Waals surface area contributed by atoms with Crippen LogP contribution in [0.5, 0.6) is 5.75 Å². The van der Waals surface area contributed by atoms with Gasteiger partial charge < -0.3 is 9.47 Å². The third-order valence-electron chi connectivity index (χ3n) is 4.97. The number of hydrogen-bond donors (Lipinski definition) is 0. The fourth-order valence-electron chi connectivity index (χ4n) is 3.55. The van der Waals surface area contributed by atoms with E-state index in [2.05, 4.69) is 10.1 Å². The molecule has 8 heteroatoms.